The number of amides is 1. The minimum atomic E-state index is -0.499. The fraction of sp³-hybridized carbons (Fsp3) is 0.167. The first-order valence-electron chi connectivity index (χ1n) is 11.5. The SMILES string of the molecule is CCc1ccc(Cc2ccc(NC(=O)OCc3ccccc3)cc2OCc2ccccc2)cc1. The van der Waals surface area contributed by atoms with Gasteiger partial charge in [0.25, 0.3) is 0 Å². The Balaban J connectivity index is 1.47. The molecule has 1 amide bonds. The quantitative estimate of drug-likeness (QED) is 0.293. The topological polar surface area (TPSA) is 47.6 Å². The molecule has 0 atom stereocenters. The van der Waals surface area contributed by atoms with E-state index in [1.165, 1.54) is 11.1 Å². The number of hydrogen-bond donors (Lipinski definition) is 1. The van der Waals surface area contributed by atoms with Crippen molar-refractivity contribution >= 4 is 11.8 Å². The van der Waals surface area contributed by atoms with E-state index in [-0.39, 0.29) is 6.61 Å². The van der Waals surface area contributed by atoms with E-state index in [4.69, 9.17) is 9.47 Å². The van der Waals surface area contributed by atoms with Crippen LogP contribution >= 0.6 is 0 Å². The smallest absolute Gasteiger partial charge is 0.411 e. The Morgan fingerprint density at radius 1 is 0.706 bits per heavy atom. The van der Waals surface area contributed by atoms with Gasteiger partial charge in [0.15, 0.2) is 0 Å². The van der Waals surface area contributed by atoms with Gasteiger partial charge in [-0.15, -0.1) is 0 Å². The Hall–Kier alpha value is -4.05. The van der Waals surface area contributed by atoms with Gasteiger partial charge in [-0.3, -0.25) is 5.32 Å². The summed E-state index contributed by atoms with van der Waals surface area (Å²) in [5.41, 5.74) is 6.24. The van der Waals surface area contributed by atoms with E-state index in [2.05, 4.69) is 36.5 Å². The third kappa shape index (κ3) is 6.72. The van der Waals surface area contributed by atoms with E-state index in [0.29, 0.717) is 12.3 Å². The van der Waals surface area contributed by atoms with Crippen molar-refractivity contribution in [3.8, 4) is 5.75 Å². The Kier molecular flexibility index (Phi) is 7.96. The lowest BCUT2D eigenvalue weighted by Crippen LogP contribution is -2.13. The van der Waals surface area contributed by atoms with Gasteiger partial charge in [-0.1, -0.05) is 97.9 Å². The zero-order valence-corrected chi connectivity index (χ0v) is 19.4. The van der Waals surface area contributed by atoms with E-state index in [9.17, 15) is 4.79 Å². The van der Waals surface area contributed by atoms with Crippen molar-refractivity contribution in [2.75, 3.05) is 5.32 Å². The van der Waals surface area contributed by atoms with Gasteiger partial charge in [-0.25, -0.2) is 4.79 Å². The van der Waals surface area contributed by atoms with E-state index in [1.54, 1.807) is 0 Å². The molecule has 1 N–H and O–H groups in total. The Morgan fingerprint density at radius 3 is 1.97 bits per heavy atom. The molecule has 0 unspecified atom stereocenters. The molecule has 0 saturated heterocycles. The second-order valence-corrected chi connectivity index (χ2v) is 8.13. The van der Waals surface area contributed by atoms with Crippen molar-refractivity contribution in [3.05, 3.63) is 131 Å². The molecule has 4 heteroatoms. The summed E-state index contributed by atoms with van der Waals surface area (Å²) in [7, 11) is 0. The lowest BCUT2D eigenvalue weighted by atomic mass is 10.0. The fourth-order valence-electron chi connectivity index (χ4n) is 3.64. The first kappa shape index (κ1) is 23.1. The number of carbonyl (C=O) groups is 1. The molecule has 0 saturated carbocycles. The summed E-state index contributed by atoms with van der Waals surface area (Å²) in [5, 5.41) is 2.82. The molecule has 0 radical (unpaired) electrons. The highest BCUT2D eigenvalue weighted by Gasteiger charge is 2.10. The maximum atomic E-state index is 12.3. The summed E-state index contributed by atoms with van der Waals surface area (Å²) in [6, 6.07) is 34.1. The Labute approximate surface area is 201 Å². The lowest BCUT2D eigenvalue weighted by Gasteiger charge is -2.15. The second-order valence-electron chi connectivity index (χ2n) is 8.13. The number of ether oxygens (including phenoxy) is 2. The van der Waals surface area contributed by atoms with Crippen LogP contribution in [0.4, 0.5) is 10.5 Å². The molecule has 0 spiro atoms. The number of carbonyl (C=O) groups excluding carboxylic acids is 1. The summed E-state index contributed by atoms with van der Waals surface area (Å²) in [4.78, 5) is 12.3. The molecule has 0 bridgehead atoms. The van der Waals surface area contributed by atoms with Crippen molar-refractivity contribution in [2.45, 2.75) is 33.0 Å². The van der Waals surface area contributed by atoms with Crippen LogP contribution in [0.5, 0.6) is 5.75 Å². The van der Waals surface area contributed by atoms with Gasteiger partial charge in [0.1, 0.15) is 19.0 Å². The van der Waals surface area contributed by atoms with Crippen molar-refractivity contribution in [3.63, 3.8) is 0 Å². The molecule has 4 aromatic rings. The summed E-state index contributed by atoms with van der Waals surface area (Å²) in [6.07, 6.45) is 1.26. The van der Waals surface area contributed by atoms with Crippen molar-refractivity contribution in [1.82, 2.24) is 0 Å². The van der Waals surface area contributed by atoms with Crippen LogP contribution in [0.3, 0.4) is 0 Å². The van der Waals surface area contributed by atoms with Crippen molar-refractivity contribution in [1.29, 1.82) is 0 Å². The molecule has 0 aliphatic rings. The summed E-state index contributed by atoms with van der Waals surface area (Å²) in [6.45, 7) is 2.82. The van der Waals surface area contributed by atoms with Crippen molar-refractivity contribution in [2.24, 2.45) is 0 Å². The Morgan fingerprint density at radius 2 is 1.32 bits per heavy atom. The average molecular weight is 452 g/mol. The largest absolute Gasteiger partial charge is 0.489 e. The molecule has 0 heterocycles. The number of benzene rings is 4. The van der Waals surface area contributed by atoms with Gasteiger partial charge < -0.3 is 9.47 Å². The molecule has 0 aromatic heterocycles. The monoisotopic (exact) mass is 451 g/mol. The predicted octanol–water partition coefficient (Wildman–Crippen LogP) is 7.17. The minimum absolute atomic E-state index is 0.218. The molecule has 172 valence electrons. The summed E-state index contributed by atoms with van der Waals surface area (Å²) < 4.78 is 11.6. The van der Waals surface area contributed by atoms with Crippen LogP contribution in [0.25, 0.3) is 0 Å². The lowest BCUT2D eigenvalue weighted by molar-refractivity contribution is 0.155. The van der Waals surface area contributed by atoms with E-state index in [0.717, 1.165) is 35.3 Å². The van der Waals surface area contributed by atoms with Crippen molar-refractivity contribution < 1.29 is 14.3 Å². The third-order valence-electron chi connectivity index (χ3n) is 5.59. The van der Waals surface area contributed by atoms with Crippen LogP contribution in [0.15, 0.2) is 103 Å². The number of rotatable bonds is 9. The molecule has 0 aliphatic carbocycles. The van der Waals surface area contributed by atoms with Gasteiger partial charge in [0, 0.05) is 18.2 Å². The van der Waals surface area contributed by atoms with Crippen LogP contribution < -0.4 is 10.1 Å². The average Bonchev–Trinajstić information content (AvgIpc) is 2.89. The second kappa shape index (κ2) is 11.7. The number of hydrogen-bond acceptors (Lipinski definition) is 3. The zero-order valence-electron chi connectivity index (χ0n) is 19.4. The molecule has 4 nitrogen and oxygen atoms in total. The zero-order chi connectivity index (χ0) is 23.6. The van der Waals surface area contributed by atoms with E-state index in [1.807, 2.05) is 78.9 Å². The molecule has 34 heavy (non-hydrogen) atoms. The first-order valence-corrected chi connectivity index (χ1v) is 11.5. The Bertz CT molecular complexity index is 1190. The van der Waals surface area contributed by atoms with Crippen LogP contribution in [-0.4, -0.2) is 6.09 Å². The van der Waals surface area contributed by atoms with Crippen LogP contribution in [-0.2, 0) is 30.8 Å². The molecule has 0 aliphatic heterocycles. The van der Waals surface area contributed by atoms with Gasteiger partial charge >= 0.3 is 6.09 Å². The van der Waals surface area contributed by atoms with Crippen LogP contribution in [0.2, 0.25) is 0 Å². The number of nitrogens with one attached hydrogen (secondary N) is 1. The van der Waals surface area contributed by atoms with Gasteiger partial charge in [-0.2, -0.15) is 0 Å². The summed E-state index contributed by atoms with van der Waals surface area (Å²) in [5.74, 6) is 0.740. The van der Waals surface area contributed by atoms with Crippen LogP contribution in [0, 0.1) is 0 Å². The normalized spacial score (nSPS) is 10.5. The molecular weight excluding hydrogens is 422 g/mol. The highest BCUT2D eigenvalue weighted by atomic mass is 16.5. The van der Waals surface area contributed by atoms with Gasteiger partial charge in [-0.05, 0) is 40.3 Å². The third-order valence-corrected chi connectivity index (χ3v) is 5.59. The van der Waals surface area contributed by atoms with Gasteiger partial charge in [0.05, 0.1) is 0 Å². The number of aryl methyl sites for hydroxylation is 1. The highest BCUT2D eigenvalue weighted by Crippen LogP contribution is 2.27. The number of anilines is 1. The minimum Gasteiger partial charge on any atom is -0.489 e. The maximum Gasteiger partial charge on any atom is 0.411 e. The summed E-state index contributed by atoms with van der Waals surface area (Å²) >= 11 is 0. The molecule has 4 aromatic carbocycles. The molecular formula is C30H29NO3. The van der Waals surface area contributed by atoms with Crippen LogP contribution in [0.1, 0.15) is 34.7 Å². The first-order chi connectivity index (χ1) is 16.7. The van der Waals surface area contributed by atoms with E-state index >= 15 is 0 Å². The fourth-order valence-corrected chi connectivity index (χ4v) is 3.64. The van der Waals surface area contributed by atoms with Gasteiger partial charge in [0.2, 0.25) is 0 Å². The molecule has 4 rings (SSSR count). The maximum absolute atomic E-state index is 12.3. The highest BCUT2D eigenvalue weighted by molar-refractivity contribution is 5.85. The standard InChI is InChI=1S/C30H29NO3/c1-2-23-13-15-24(16-14-23)19-27-17-18-28(20-29(27)33-21-25-9-5-3-6-10-25)31-30(32)34-22-26-11-7-4-8-12-26/h3-18,20H,2,19,21-22H2,1H3,(H,31,32). The van der Waals surface area contributed by atoms with E-state index < -0.39 is 6.09 Å². The molecule has 0 fully saturated rings. The predicted molar refractivity (Wildman–Crippen MR) is 136 cm³/mol.